The van der Waals surface area contributed by atoms with Crippen LogP contribution in [0.15, 0.2) is 17.9 Å². The zero-order valence-electron chi connectivity index (χ0n) is 17.2. The Labute approximate surface area is 162 Å². The van der Waals surface area contributed by atoms with E-state index in [0.717, 1.165) is 41.5 Å². The first-order valence-corrected chi connectivity index (χ1v) is 9.68. The minimum absolute atomic E-state index is 0.0519. The van der Waals surface area contributed by atoms with Gasteiger partial charge >= 0.3 is 5.97 Å². The number of rotatable bonds is 2. The summed E-state index contributed by atoms with van der Waals surface area (Å²) >= 11 is 0. The van der Waals surface area contributed by atoms with E-state index in [1.165, 1.54) is 0 Å². The summed E-state index contributed by atoms with van der Waals surface area (Å²) in [6.45, 7) is 11.3. The van der Waals surface area contributed by atoms with Crippen molar-refractivity contribution >= 4 is 17.3 Å². The standard InChI is InChI=1S/C24H28O3/c1-7-8-16-11-14(2)19(15(3)12-16)20-21(25)17-9-10-18(13-17)22(20)27-23(26)24(4,5)6/h11-12,17-18H,9-10,13H2,1-6H3. The van der Waals surface area contributed by atoms with Crippen LogP contribution in [-0.2, 0) is 14.3 Å². The van der Waals surface area contributed by atoms with E-state index in [-0.39, 0.29) is 23.6 Å². The third kappa shape index (κ3) is 3.58. The molecule has 3 rings (SSSR count). The average molecular weight is 364 g/mol. The van der Waals surface area contributed by atoms with Crippen molar-refractivity contribution < 1.29 is 14.3 Å². The highest BCUT2D eigenvalue weighted by molar-refractivity contribution is 6.24. The average Bonchev–Trinajstić information content (AvgIpc) is 3.00. The molecule has 0 saturated heterocycles. The molecule has 2 aliphatic rings. The van der Waals surface area contributed by atoms with Crippen molar-refractivity contribution in [1.82, 2.24) is 0 Å². The van der Waals surface area contributed by atoms with Gasteiger partial charge in [0.2, 0.25) is 0 Å². The topological polar surface area (TPSA) is 43.4 Å². The maximum Gasteiger partial charge on any atom is 0.316 e. The van der Waals surface area contributed by atoms with Crippen LogP contribution in [0, 0.1) is 42.9 Å². The molecule has 0 spiro atoms. The summed E-state index contributed by atoms with van der Waals surface area (Å²) in [5.41, 5.74) is 3.87. The lowest BCUT2D eigenvalue weighted by atomic mass is 9.80. The predicted molar refractivity (Wildman–Crippen MR) is 107 cm³/mol. The molecule has 27 heavy (non-hydrogen) atoms. The molecule has 0 aromatic heterocycles. The summed E-state index contributed by atoms with van der Waals surface area (Å²) in [6.07, 6.45) is 2.58. The van der Waals surface area contributed by atoms with E-state index < -0.39 is 5.41 Å². The predicted octanol–water partition coefficient (Wildman–Crippen LogP) is 4.97. The summed E-state index contributed by atoms with van der Waals surface area (Å²) < 4.78 is 5.90. The first-order chi connectivity index (χ1) is 12.6. The van der Waals surface area contributed by atoms with Gasteiger partial charge in [-0.25, -0.2) is 0 Å². The molecule has 2 atom stereocenters. The molecule has 2 bridgehead atoms. The molecule has 2 aliphatic carbocycles. The fraction of sp³-hybridized carbons (Fsp3) is 0.500. The second-order valence-corrected chi connectivity index (χ2v) is 8.81. The van der Waals surface area contributed by atoms with E-state index in [1.807, 2.05) is 53.7 Å². The lowest BCUT2D eigenvalue weighted by Crippen LogP contribution is -2.29. The number of carbonyl (C=O) groups excluding carboxylic acids is 2. The van der Waals surface area contributed by atoms with Crippen LogP contribution >= 0.6 is 0 Å². The minimum atomic E-state index is -0.610. The molecule has 1 saturated carbocycles. The third-order valence-electron chi connectivity index (χ3n) is 5.53. The van der Waals surface area contributed by atoms with Gasteiger partial charge in [0.1, 0.15) is 5.76 Å². The third-order valence-corrected chi connectivity index (χ3v) is 5.53. The molecule has 142 valence electrons. The van der Waals surface area contributed by atoms with Gasteiger partial charge in [-0.1, -0.05) is 5.92 Å². The number of fused-ring (bicyclic) bond motifs is 2. The summed E-state index contributed by atoms with van der Waals surface area (Å²) in [5.74, 6) is 6.66. The van der Waals surface area contributed by atoms with E-state index in [1.54, 1.807) is 0 Å². The fourth-order valence-corrected chi connectivity index (χ4v) is 4.20. The number of hydrogen-bond acceptors (Lipinski definition) is 3. The van der Waals surface area contributed by atoms with E-state index in [2.05, 4.69) is 11.8 Å². The largest absolute Gasteiger partial charge is 0.430 e. The molecular weight excluding hydrogens is 336 g/mol. The van der Waals surface area contributed by atoms with Gasteiger partial charge in [0.25, 0.3) is 0 Å². The van der Waals surface area contributed by atoms with Gasteiger partial charge in [0.15, 0.2) is 5.78 Å². The second kappa shape index (κ2) is 7.00. The highest BCUT2D eigenvalue weighted by Crippen LogP contribution is 2.48. The van der Waals surface area contributed by atoms with Crippen molar-refractivity contribution in [2.24, 2.45) is 17.3 Å². The molecule has 1 aromatic carbocycles. The number of aryl methyl sites for hydroxylation is 2. The smallest absolute Gasteiger partial charge is 0.316 e. The summed E-state index contributed by atoms with van der Waals surface area (Å²) in [6, 6.07) is 4.03. The molecule has 1 fully saturated rings. The van der Waals surface area contributed by atoms with Crippen molar-refractivity contribution in [2.45, 2.75) is 60.8 Å². The van der Waals surface area contributed by atoms with Gasteiger partial charge in [0.05, 0.1) is 11.0 Å². The van der Waals surface area contributed by atoms with E-state index in [4.69, 9.17) is 4.74 Å². The number of hydrogen-bond donors (Lipinski definition) is 0. The molecule has 0 aliphatic heterocycles. The van der Waals surface area contributed by atoms with E-state index in [9.17, 15) is 9.59 Å². The molecule has 3 heteroatoms. The number of Topliss-reactive ketones (excluding diaryl/α,β-unsaturated/α-hetero) is 1. The van der Waals surface area contributed by atoms with Gasteiger partial charge in [-0.15, -0.1) is 5.92 Å². The summed E-state index contributed by atoms with van der Waals surface area (Å²) in [5, 5.41) is 0. The maximum atomic E-state index is 13.3. The first-order valence-electron chi connectivity index (χ1n) is 9.68. The van der Waals surface area contributed by atoms with Crippen LogP contribution in [0.5, 0.6) is 0 Å². The van der Waals surface area contributed by atoms with Crippen molar-refractivity contribution in [2.75, 3.05) is 0 Å². The summed E-state index contributed by atoms with van der Waals surface area (Å²) in [4.78, 5) is 25.9. The van der Waals surface area contributed by atoms with Crippen LogP contribution in [0.4, 0.5) is 0 Å². The normalized spacial score (nSPS) is 21.8. The highest BCUT2D eigenvalue weighted by Gasteiger charge is 2.44. The van der Waals surface area contributed by atoms with Gasteiger partial charge in [-0.3, -0.25) is 9.59 Å². The van der Waals surface area contributed by atoms with E-state index >= 15 is 0 Å². The minimum Gasteiger partial charge on any atom is -0.430 e. The van der Waals surface area contributed by atoms with Crippen LogP contribution in [0.25, 0.3) is 5.57 Å². The quantitative estimate of drug-likeness (QED) is 0.549. The van der Waals surface area contributed by atoms with Crippen LogP contribution in [-0.4, -0.2) is 11.8 Å². The molecule has 0 N–H and O–H groups in total. The zero-order chi connectivity index (χ0) is 19.9. The Kier molecular flexibility index (Phi) is 5.04. The molecular formula is C24H28O3. The second-order valence-electron chi connectivity index (χ2n) is 8.81. The molecule has 3 nitrogen and oxygen atoms in total. The van der Waals surface area contributed by atoms with Gasteiger partial charge in [0, 0.05) is 17.4 Å². The highest BCUT2D eigenvalue weighted by atomic mass is 16.5. The molecule has 0 amide bonds. The lowest BCUT2D eigenvalue weighted by Gasteiger charge is -2.28. The van der Waals surface area contributed by atoms with Crippen LogP contribution in [0.1, 0.15) is 69.2 Å². The Morgan fingerprint density at radius 2 is 1.70 bits per heavy atom. The molecule has 0 radical (unpaired) electrons. The number of carbonyl (C=O) groups is 2. The van der Waals surface area contributed by atoms with Gasteiger partial charge < -0.3 is 4.74 Å². The Balaban J connectivity index is 2.18. The van der Waals surface area contributed by atoms with Gasteiger partial charge in [-0.05, 0) is 89.6 Å². The lowest BCUT2D eigenvalue weighted by molar-refractivity contribution is -0.149. The number of ether oxygens (including phenoxy) is 1. The van der Waals surface area contributed by atoms with Crippen molar-refractivity contribution in [3.63, 3.8) is 0 Å². The monoisotopic (exact) mass is 364 g/mol. The number of benzene rings is 1. The first kappa shape index (κ1) is 19.4. The number of allylic oxidation sites excluding steroid dienone is 2. The van der Waals surface area contributed by atoms with Crippen molar-refractivity contribution in [3.8, 4) is 11.8 Å². The molecule has 1 aromatic rings. The Morgan fingerprint density at radius 3 is 2.26 bits per heavy atom. The molecule has 2 unspecified atom stereocenters. The molecule has 0 heterocycles. The number of ketones is 1. The summed E-state index contributed by atoms with van der Waals surface area (Å²) in [7, 11) is 0. The van der Waals surface area contributed by atoms with Crippen LogP contribution in [0.2, 0.25) is 0 Å². The van der Waals surface area contributed by atoms with Crippen LogP contribution < -0.4 is 0 Å². The fourth-order valence-electron chi connectivity index (χ4n) is 4.20. The van der Waals surface area contributed by atoms with Gasteiger partial charge in [-0.2, -0.15) is 0 Å². The van der Waals surface area contributed by atoms with Crippen LogP contribution in [0.3, 0.4) is 0 Å². The van der Waals surface area contributed by atoms with Crippen molar-refractivity contribution in [3.05, 3.63) is 40.1 Å². The SMILES string of the molecule is CC#Cc1cc(C)c(C2=C(OC(=O)C(C)(C)C)C3CCC(C3)C2=O)c(C)c1. The Morgan fingerprint density at radius 1 is 1.11 bits per heavy atom. The maximum absolute atomic E-state index is 13.3. The van der Waals surface area contributed by atoms with E-state index in [0.29, 0.717) is 11.3 Å². The Hall–Kier alpha value is -2.34. The Bertz CT molecular complexity index is 877. The zero-order valence-corrected chi connectivity index (χ0v) is 17.2. The van der Waals surface area contributed by atoms with Crippen molar-refractivity contribution in [1.29, 1.82) is 0 Å². The number of esters is 1.